The lowest BCUT2D eigenvalue weighted by molar-refractivity contribution is -0.136. The van der Waals surface area contributed by atoms with E-state index in [9.17, 15) is 4.79 Å². The maximum atomic E-state index is 12.7. The van der Waals surface area contributed by atoms with Crippen LogP contribution < -0.4 is 0 Å². The van der Waals surface area contributed by atoms with Crippen molar-refractivity contribution in [2.75, 3.05) is 26.2 Å². The number of amides is 1. The van der Waals surface area contributed by atoms with Crippen molar-refractivity contribution in [2.45, 2.75) is 39.2 Å². The largest absolute Gasteiger partial charge is 0.342 e. The lowest BCUT2D eigenvalue weighted by Crippen LogP contribution is -2.43. The standard InChI is InChI=1S/C20H26N4O2/c1-15-6-4-7-16(12-15)19-21-18(26-22-19)14-23-9-5-8-17(13-23)20(25)24-10-2-3-11-24/h4,6-7,12,17H,2-3,5,8-11,13-14H2,1H3. The van der Waals surface area contributed by atoms with E-state index in [0.717, 1.165) is 57.4 Å². The number of hydrogen-bond donors (Lipinski definition) is 0. The van der Waals surface area contributed by atoms with Crippen molar-refractivity contribution in [3.63, 3.8) is 0 Å². The third kappa shape index (κ3) is 3.80. The third-order valence-corrected chi connectivity index (χ3v) is 5.38. The van der Waals surface area contributed by atoms with Gasteiger partial charge < -0.3 is 9.42 Å². The van der Waals surface area contributed by atoms with Crippen LogP contribution >= 0.6 is 0 Å². The first-order chi connectivity index (χ1) is 12.7. The van der Waals surface area contributed by atoms with E-state index >= 15 is 0 Å². The first-order valence-electron chi connectivity index (χ1n) is 9.60. The van der Waals surface area contributed by atoms with Crippen molar-refractivity contribution < 1.29 is 9.32 Å². The summed E-state index contributed by atoms with van der Waals surface area (Å²) in [5.74, 6) is 1.69. The number of nitrogens with zero attached hydrogens (tertiary/aromatic N) is 4. The van der Waals surface area contributed by atoms with Crippen molar-refractivity contribution >= 4 is 5.91 Å². The fourth-order valence-corrected chi connectivity index (χ4v) is 4.01. The molecule has 4 rings (SSSR count). The molecule has 2 aliphatic heterocycles. The van der Waals surface area contributed by atoms with Gasteiger partial charge in [-0.25, -0.2) is 0 Å². The molecule has 2 aromatic rings. The van der Waals surface area contributed by atoms with Crippen LogP contribution in [-0.4, -0.2) is 52.0 Å². The second-order valence-electron chi connectivity index (χ2n) is 7.49. The van der Waals surface area contributed by atoms with Gasteiger partial charge in [-0.15, -0.1) is 0 Å². The lowest BCUT2D eigenvalue weighted by atomic mass is 9.96. The predicted octanol–water partition coefficient (Wildman–Crippen LogP) is 2.88. The molecule has 1 unspecified atom stereocenters. The highest BCUT2D eigenvalue weighted by Gasteiger charge is 2.31. The normalized spacial score (nSPS) is 21.3. The summed E-state index contributed by atoms with van der Waals surface area (Å²) < 4.78 is 5.46. The summed E-state index contributed by atoms with van der Waals surface area (Å²) in [6, 6.07) is 8.10. The van der Waals surface area contributed by atoms with Gasteiger partial charge in [0, 0.05) is 25.2 Å². The molecule has 138 valence electrons. The molecule has 1 aromatic carbocycles. The number of carbonyl (C=O) groups is 1. The molecule has 0 aliphatic carbocycles. The Balaban J connectivity index is 1.38. The highest BCUT2D eigenvalue weighted by molar-refractivity contribution is 5.79. The van der Waals surface area contributed by atoms with Crippen LogP contribution in [0.1, 0.15) is 37.1 Å². The average molecular weight is 354 g/mol. The number of aromatic nitrogens is 2. The van der Waals surface area contributed by atoms with Crippen LogP contribution in [0.25, 0.3) is 11.4 Å². The summed E-state index contributed by atoms with van der Waals surface area (Å²) in [6.45, 7) is 6.29. The summed E-state index contributed by atoms with van der Waals surface area (Å²) in [4.78, 5) is 21.5. The topological polar surface area (TPSA) is 62.5 Å². The molecule has 0 bridgehead atoms. The van der Waals surface area contributed by atoms with E-state index in [1.807, 2.05) is 17.0 Å². The summed E-state index contributed by atoms with van der Waals surface area (Å²) in [6.07, 6.45) is 4.32. The quantitative estimate of drug-likeness (QED) is 0.845. The van der Waals surface area contributed by atoms with Crippen molar-refractivity contribution in [1.29, 1.82) is 0 Å². The number of piperidine rings is 1. The van der Waals surface area contributed by atoms with Crippen LogP contribution in [0.15, 0.2) is 28.8 Å². The van der Waals surface area contributed by atoms with Gasteiger partial charge in [0.05, 0.1) is 12.5 Å². The Morgan fingerprint density at radius 1 is 1.23 bits per heavy atom. The fourth-order valence-electron chi connectivity index (χ4n) is 4.01. The number of carbonyl (C=O) groups excluding carboxylic acids is 1. The van der Waals surface area contributed by atoms with Crippen LogP contribution in [0.2, 0.25) is 0 Å². The summed E-state index contributed by atoms with van der Waals surface area (Å²) >= 11 is 0. The van der Waals surface area contributed by atoms with Crippen LogP contribution in [0, 0.1) is 12.8 Å². The first kappa shape index (κ1) is 17.2. The highest BCUT2D eigenvalue weighted by atomic mass is 16.5. The zero-order chi connectivity index (χ0) is 17.9. The molecular formula is C20H26N4O2. The SMILES string of the molecule is Cc1cccc(-c2noc(CN3CCCC(C(=O)N4CCCC4)C3)n2)c1. The molecule has 0 radical (unpaired) electrons. The van der Waals surface area contributed by atoms with Crippen LogP contribution in [-0.2, 0) is 11.3 Å². The summed E-state index contributed by atoms with van der Waals surface area (Å²) in [5, 5.41) is 4.12. The van der Waals surface area contributed by atoms with Crippen LogP contribution in [0.4, 0.5) is 0 Å². The molecule has 1 atom stereocenters. The number of hydrogen-bond acceptors (Lipinski definition) is 5. The molecule has 0 saturated carbocycles. The zero-order valence-electron chi connectivity index (χ0n) is 15.4. The first-order valence-corrected chi connectivity index (χ1v) is 9.60. The molecule has 1 aromatic heterocycles. The highest BCUT2D eigenvalue weighted by Crippen LogP contribution is 2.23. The monoisotopic (exact) mass is 354 g/mol. The Kier molecular flexibility index (Phi) is 5.02. The molecule has 26 heavy (non-hydrogen) atoms. The van der Waals surface area contributed by atoms with Gasteiger partial charge in [-0.05, 0) is 45.2 Å². The van der Waals surface area contributed by atoms with Gasteiger partial charge in [-0.1, -0.05) is 28.9 Å². The van der Waals surface area contributed by atoms with E-state index < -0.39 is 0 Å². The molecule has 1 amide bonds. The molecule has 6 nitrogen and oxygen atoms in total. The molecule has 0 N–H and O–H groups in total. The Morgan fingerprint density at radius 3 is 2.88 bits per heavy atom. The van der Waals surface area contributed by atoms with Crippen LogP contribution in [0.3, 0.4) is 0 Å². The van der Waals surface area contributed by atoms with Crippen LogP contribution in [0.5, 0.6) is 0 Å². The van der Waals surface area contributed by atoms with E-state index in [0.29, 0.717) is 24.2 Å². The maximum absolute atomic E-state index is 12.7. The van der Waals surface area contributed by atoms with E-state index in [1.165, 1.54) is 5.56 Å². The van der Waals surface area contributed by atoms with Gasteiger partial charge in [0.1, 0.15) is 0 Å². The third-order valence-electron chi connectivity index (χ3n) is 5.38. The average Bonchev–Trinajstić information content (AvgIpc) is 3.33. The number of aryl methyl sites for hydroxylation is 1. The van der Waals surface area contributed by atoms with Crippen molar-refractivity contribution in [3.8, 4) is 11.4 Å². The molecule has 6 heteroatoms. The van der Waals surface area contributed by atoms with E-state index in [2.05, 4.69) is 34.1 Å². The Labute approximate surface area is 154 Å². The van der Waals surface area contributed by atoms with Gasteiger partial charge in [0.25, 0.3) is 0 Å². The zero-order valence-corrected chi connectivity index (χ0v) is 15.4. The number of benzene rings is 1. The minimum absolute atomic E-state index is 0.112. The van der Waals surface area contributed by atoms with Crippen molar-refractivity contribution in [3.05, 3.63) is 35.7 Å². The van der Waals surface area contributed by atoms with E-state index in [-0.39, 0.29) is 5.92 Å². The Hall–Kier alpha value is -2.21. The second kappa shape index (κ2) is 7.58. The van der Waals surface area contributed by atoms with E-state index in [1.54, 1.807) is 0 Å². The number of rotatable bonds is 4. The predicted molar refractivity (Wildman–Crippen MR) is 98.3 cm³/mol. The molecule has 3 heterocycles. The molecule has 2 aliphatic rings. The van der Waals surface area contributed by atoms with E-state index in [4.69, 9.17) is 4.52 Å². The Morgan fingerprint density at radius 2 is 2.08 bits per heavy atom. The van der Waals surface area contributed by atoms with Gasteiger partial charge in [0.2, 0.25) is 17.6 Å². The lowest BCUT2D eigenvalue weighted by Gasteiger charge is -2.33. The molecule has 2 saturated heterocycles. The second-order valence-corrected chi connectivity index (χ2v) is 7.49. The van der Waals surface area contributed by atoms with Gasteiger partial charge >= 0.3 is 0 Å². The minimum atomic E-state index is 0.112. The molecular weight excluding hydrogens is 328 g/mol. The smallest absolute Gasteiger partial charge is 0.241 e. The summed E-state index contributed by atoms with van der Waals surface area (Å²) in [7, 11) is 0. The molecule has 0 spiro atoms. The summed E-state index contributed by atoms with van der Waals surface area (Å²) in [5.41, 5.74) is 2.15. The number of likely N-dealkylation sites (tertiary alicyclic amines) is 2. The van der Waals surface area contributed by atoms with Crippen molar-refractivity contribution in [2.24, 2.45) is 5.92 Å². The van der Waals surface area contributed by atoms with Gasteiger partial charge in [-0.3, -0.25) is 9.69 Å². The maximum Gasteiger partial charge on any atom is 0.241 e. The van der Waals surface area contributed by atoms with Gasteiger partial charge in [-0.2, -0.15) is 4.98 Å². The minimum Gasteiger partial charge on any atom is -0.342 e. The van der Waals surface area contributed by atoms with Gasteiger partial charge in [0.15, 0.2) is 0 Å². The molecule has 2 fully saturated rings. The van der Waals surface area contributed by atoms with Crippen molar-refractivity contribution in [1.82, 2.24) is 19.9 Å². The Bertz CT molecular complexity index is 767. The fraction of sp³-hybridized carbons (Fsp3) is 0.550.